The lowest BCUT2D eigenvalue weighted by molar-refractivity contribution is 0.309. The van der Waals surface area contributed by atoms with Gasteiger partial charge in [0.2, 0.25) is 15.9 Å². The molecule has 0 bridgehead atoms. The van der Waals surface area contributed by atoms with Crippen LogP contribution in [0.4, 0.5) is 5.82 Å². The van der Waals surface area contributed by atoms with Gasteiger partial charge in [0.05, 0.1) is 0 Å². The lowest BCUT2D eigenvalue weighted by atomic mass is 10.1. The largest absolute Gasteiger partial charge is 0.476 e. The Labute approximate surface area is 172 Å². The number of nitrogens with zero attached hydrogens (tertiary/aromatic N) is 3. The summed E-state index contributed by atoms with van der Waals surface area (Å²) in [6.07, 6.45) is 5.15. The molecule has 3 rings (SSSR count). The van der Waals surface area contributed by atoms with E-state index >= 15 is 0 Å². The van der Waals surface area contributed by atoms with E-state index in [4.69, 9.17) is 4.74 Å². The number of ether oxygens (including phenoxy) is 1. The quantitative estimate of drug-likeness (QED) is 0.666. The molecular weight excluding hydrogens is 388 g/mol. The highest BCUT2D eigenvalue weighted by Gasteiger charge is 2.14. The number of sulfonamides is 1. The second kappa shape index (κ2) is 9.84. The lowest BCUT2D eigenvalue weighted by Crippen LogP contribution is -2.30. The van der Waals surface area contributed by atoms with Crippen LogP contribution in [0, 0.1) is 13.8 Å². The Morgan fingerprint density at radius 3 is 2.55 bits per heavy atom. The van der Waals surface area contributed by atoms with Crippen molar-refractivity contribution in [1.82, 2.24) is 14.7 Å². The minimum absolute atomic E-state index is 0.155. The van der Waals surface area contributed by atoms with E-state index in [2.05, 4.69) is 19.6 Å². The van der Waals surface area contributed by atoms with Crippen molar-refractivity contribution in [3.8, 4) is 5.88 Å². The van der Waals surface area contributed by atoms with Crippen molar-refractivity contribution in [2.75, 3.05) is 31.1 Å². The maximum Gasteiger partial charge on any atom is 0.233 e. The first-order valence-corrected chi connectivity index (χ1v) is 11.4. The highest BCUT2D eigenvalue weighted by Crippen LogP contribution is 2.21. The summed E-state index contributed by atoms with van der Waals surface area (Å²) in [6, 6.07) is 9.46. The molecule has 29 heavy (non-hydrogen) atoms. The van der Waals surface area contributed by atoms with Crippen molar-refractivity contribution in [3.63, 3.8) is 0 Å². The van der Waals surface area contributed by atoms with Crippen LogP contribution in [0.2, 0.25) is 0 Å². The molecule has 2 heterocycles. The van der Waals surface area contributed by atoms with Crippen molar-refractivity contribution in [2.45, 2.75) is 33.1 Å². The second-order valence-electron chi connectivity index (χ2n) is 7.16. The number of nitrogens with one attached hydrogen (secondary N) is 1. The van der Waals surface area contributed by atoms with Gasteiger partial charge in [0, 0.05) is 31.1 Å². The number of hydrogen-bond acceptors (Lipinski definition) is 6. The van der Waals surface area contributed by atoms with Gasteiger partial charge in [-0.15, -0.1) is 0 Å². The van der Waals surface area contributed by atoms with E-state index in [9.17, 15) is 8.42 Å². The monoisotopic (exact) mass is 416 g/mol. The number of aromatic nitrogens is 2. The van der Waals surface area contributed by atoms with E-state index in [1.807, 2.05) is 44.2 Å². The van der Waals surface area contributed by atoms with Crippen LogP contribution in [0.1, 0.15) is 36.2 Å². The van der Waals surface area contributed by atoms with Crippen LogP contribution < -0.4 is 14.4 Å². The highest BCUT2D eigenvalue weighted by atomic mass is 32.2. The molecule has 1 saturated heterocycles. The predicted molar refractivity (Wildman–Crippen MR) is 115 cm³/mol. The SMILES string of the molecule is Cc1ccc(/C=C/S(=O)(=O)NCCOc2cc(N3CCCCC3)nc(C)n2)cc1. The predicted octanol–water partition coefficient (Wildman–Crippen LogP) is 3.05. The van der Waals surface area contributed by atoms with Gasteiger partial charge in [0.15, 0.2) is 0 Å². The van der Waals surface area contributed by atoms with Crippen LogP contribution in [0.25, 0.3) is 6.08 Å². The molecule has 7 nitrogen and oxygen atoms in total. The summed E-state index contributed by atoms with van der Waals surface area (Å²) in [4.78, 5) is 11.0. The van der Waals surface area contributed by atoms with E-state index in [-0.39, 0.29) is 13.2 Å². The summed E-state index contributed by atoms with van der Waals surface area (Å²) in [5.41, 5.74) is 1.96. The van der Waals surface area contributed by atoms with E-state index in [0.717, 1.165) is 42.9 Å². The number of piperidine rings is 1. The summed E-state index contributed by atoms with van der Waals surface area (Å²) in [7, 11) is -3.53. The summed E-state index contributed by atoms with van der Waals surface area (Å²) in [6.45, 7) is 6.14. The summed E-state index contributed by atoms with van der Waals surface area (Å²) >= 11 is 0. The molecule has 0 amide bonds. The van der Waals surface area contributed by atoms with E-state index in [1.54, 1.807) is 6.08 Å². The van der Waals surface area contributed by atoms with Gasteiger partial charge in [-0.05, 0) is 44.7 Å². The van der Waals surface area contributed by atoms with Crippen molar-refractivity contribution in [3.05, 3.63) is 52.7 Å². The van der Waals surface area contributed by atoms with Gasteiger partial charge in [-0.1, -0.05) is 29.8 Å². The molecule has 2 aromatic rings. The Hall–Kier alpha value is -2.45. The Balaban J connectivity index is 1.50. The first-order chi connectivity index (χ1) is 13.9. The molecule has 0 radical (unpaired) electrons. The first-order valence-electron chi connectivity index (χ1n) is 9.89. The van der Waals surface area contributed by atoms with Crippen LogP contribution in [-0.2, 0) is 10.0 Å². The second-order valence-corrected chi connectivity index (χ2v) is 8.81. The molecule has 0 spiro atoms. The maximum atomic E-state index is 12.1. The van der Waals surface area contributed by atoms with Crippen LogP contribution in [-0.4, -0.2) is 44.6 Å². The fraction of sp³-hybridized carbons (Fsp3) is 0.429. The number of benzene rings is 1. The Kier molecular flexibility index (Phi) is 7.22. The van der Waals surface area contributed by atoms with Crippen LogP contribution in [0.5, 0.6) is 5.88 Å². The Bertz CT molecular complexity index is 937. The average molecular weight is 417 g/mol. The summed E-state index contributed by atoms with van der Waals surface area (Å²) in [5, 5.41) is 1.17. The van der Waals surface area contributed by atoms with Crippen LogP contribution >= 0.6 is 0 Å². The molecule has 1 aliphatic rings. The van der Waals surface area contributed by atoms with Crippen molar-refractivity contribution < 1.29 is 13.2 Å². The zero-order valence-corrected chi connectivity index (χ0v) is 17.8. The number of anilines is 1. The summed E-state index contributed by atoms with van der Waals surface area (Å²) in [5.74, 6) is 1.98. The Morgan fingerprint density at radius 1 is 1.10 bits per heavy atom. The fourth-order valence-electron chi connectivity index (χ4n) is 3.12. The van der Waals surface area contributed by atoms with Crippen LogP contribution in [0.15, 0.2) is 35.7 Å². The molecule has 0 atom stereocenters. The molecule has 8 heteroatoms. The zero-order valence-electron chi connectivity index (χ0n) is 17.0. The fourth-order valence-corrected chi connectivity index (χ4v) is 3.92. The molecule has 1 fully saturated rings. The van der Waals surface area contributed by atoms with E-state index in [1.165, 1.54) is 11.8 Å². The Morgan fingerprint density at radius 2 is 1.83 bits per heavy atom. The molecule has 1 N–H and O–H groups in total. The van der Waals surface area contributed by atoms with Gasteiger partial charge in [-0.3, -0.25) is 0 Å². The molecule has 1 aliphatic heterocycles. The highest BCUT2D eigenvalue weighted by molar-refractivity contribution is 7.92. The standard InChI is InChI=1S/C21H28N4O3S/c1-17-6-8-19(9-7-17)10-15-29(26,27)22-11-14-28-21-16-20(23-18(2)24-21)25-12-4-3-5-13-25/h6-10,15-16,22H,3-5,11-14H2,1-2H3/b15-10+. The van der Waals surface area contributed by atoms with Gasteiger partial charge in [-0.2, -0.15) is 4.98 Å². The van der Waals surface area contributed by atoms with E-state index in [0.29, 0.717) is 11.7 Å². The smallest absolute Gasteiger partial charge is 0.233 e. The van der Waals surface area contributed by atoms with Crippen LogP contribution in [0.3, 0.4) is 0 Å². The number of hydrogen-bond donors (Lipinski definition) is 1. The van der Waals surface area contributed by atoms with Gasteiger partial charge in [0.1, 0.15) is 18.2 Å². The van der Waals surface area contributed by atoms with Crippen molar-refractivity contribution in [1.29, 1.82) is 0 Å². The lowest BCUT2D eigenvalue weighted by Gasteiger charge is -2.28. The minimum Gasteiger partial charge on any atom is -0.476 e. The normalized spacial score (nSPS) is 15.0. The molecule has 1 aromatic heterocycles. The first kappa shape index (κ1) is 21.3. The number of aryl methyl sites for hydroxylation is 2. The van der Waals surface area contributed by atoms with E-state index < -0.39 is 10.0 Å². The van der Waals surface area contributed by atoms with Gasteiger partial charge in [0.25, 0.3) is 0 Å². The van der Waals surface area contributed by atoms with Gasteiger partial charge < -0.3 is 9.64 Å². The zero-order chi connectivity index (χ0) is 20.7. The third-order valence-corrected chi connectivity index (χ3v) is 5.75. The molecule has 156 valence electrons. The molecule has 0 unspecified atom stereocenters. The average Bonchev–Trinajstić information content (AvgIpc) is 2.71. The molecule has 1 aromatic carbocycles. The third-order valence-electron chi connectivity index (χ3n) is 4.65. The topological polar surface area (TPSA) is 84.4 Å². The van der Waals surface area contributed by atoms with Crippen molar-refractivity contribution >= 4 is 21.9 Å². The maximum absolute atomic E-state index is 12.1. The third kappa shape index (κ3) is 6.83. The molecular formula is C21H28N4O3S. The molecule has 0 aliphatic carbocycles. The molecule has 0 saturated carbocycles. The summed E-state index contributed by atoms with van der Waals surface area (Å²) < 4.78 is 32.4. The van der Waals surface area contributed by atoms with Crippen molar-refractivity contribution in [2.24, 2.45) is 0 Å². The number of rotatable bonds is 8. The van der Waals surface area contributed by atoms with Gasteiger partial charge >= 0.3 is 0 Å². The van der Waals surface area contributed by atoms with Gasteiger partial charge in [-0.25, -0.2) is 18.1 Å². The minimum atomic E-state index is -3.53.